The van der Waals surface area contributed by atoms with Crippen LogP contribution in [0.3, 0.4) is 0 Å². The van der Waals surface area contributed by atoms with E-state index in [4.69, 9.17) is 14.2 Å². The highest BCUT2D eigenvalue weighted by atomic mass is 16.6. The van der Waals surface area contributed by atoms with Gasteiger partial charge in [0.2, 0.25) is 0 Å². The van der Waals surface area contributed by atoms with E-state index >= 15 is 0 Å². The summed E-state index contributed by atoms with van der Waals surface area (Å²) in [6, 6.07) is 7.44. The Hall–Kier alpha value is -2.70. The minimum atomic E-state index is -1.06. The molecule has 1 saturated heterocycles. The van der Waals surface area contributed by atoms with Gasteiger partial charge in [0.25, 0.3) is 0 Å². The normalized spacial score (nSPS) is 39.4. The second-order valence-corrected chi connectivity index (χ2v) is 10.1. The van der Waals surface area contributed by atoms with Gasteiger partial charge in [-0.3, -0.25) is 0 Å². The second-order valence-electron chi connectivity index (χ2n) is 10.1. The van der Waals surface area contributed by atoms with Crippen LogP contribution in [0.15, 0.2) is 36.4 Å². The largest absolute Gasteiger partial charge is 0.508 e. The monoisotopic (exact) mass is 433 g/mol. The zero-order chi connectivity index (χ0) is 22.3. The topological polar surface area (TPSA) is 71.4 Å². The molecule has 4 aliphatic carbocycles. The Morgan fingerprint density at radius 3 is 2.50 bits per heavy atom. The number of phenols is 2. The lowest BCUT2D eigenvalue weighted by atomic mass is 9.34. The molecule has 8 rings (SSSR count). The van der Waals surface area contributed by atoms with Crippen molar-refractivity contribution in [2.75, 3.05) is 27.8 Å². The quantitative estimate of drug-likeness (QED) is 0.560. The predicted molar refractivity (Wildman–Crippen MR) is 118 cm³/mol. The van der Waals surface area contributed by atoms with Crippen molar-refractivity contribution in [3.8, 4) is 23.0 Å². The molecule has 32 heavy (non-hydrogen) atoms. The molecule has 2 aliphatic heterocycles. The van der Waals surface area contributed by atoms with Gasteiger partial charge in [-0.2, -0.15) is 0 Å². The Kier molecular flexibility index (Phi) is 3.10. The molecule has 0 amide bonds. The summed E-state index contributed by atoms with van der Waals surface area (Å²) in [4.78, 5) is 2.40. The van der Waals surface area contributed by atoms with Crippen molar-refractivity contribution in [1.82, 2.24) is 4.90 Å². The van der Waals surface area contributed by atoms with Gasteiger partial charge >= 0.3 is 0 Å². The Balaban J connectivity index is 1.74. The van der Waals surface area contributed by atoms with Crippen LogP contribution in [-0.2, 0) is 27.6 Å². The third-order valence-electron chi connectivity index (χ3n) is 9.55. The Bertz CT molecular complexity index is 1260. The van der Waals surface area contributed by atoms with E-state index in [1.807, 2.05) is 6.07 Å². The highest BCUT2D eigenvalue weighted by Crippen LogP contribution is 2.79. The zero-order valence-corrected chi connectivity index (χ0v) is 18.7. The van der Waals surface area contributed by atoms with Crippen LogP contribution in [0.5, 0.6) is 23.0 Å². The molecule has 6 aliphatic rings. The van der Waals surface area contributed by atoms with Gasteiger partial charge in [-0.25, -0.2) is 0 Å². The maximum absolute atomic E-state index is 11.3. The molecule has 6 nitrogen and oxygen atoms in total. The van der Waals surface area contributed by atoms with Crippen LogP contribution in [0, 0.1) is 0 Å². The van der Waals surface area contributed by atoms with Crippen molar-refractivity contribution in [2.24, 2.45) is 0 Å². The Labute approximate surface area is 187 Å². The Morgan fingerprint density at radius 1 is 1.03 bits per heavy atom. The molecule has 2 spiro atoms. The van der Waals surface area contributed by atoms with Gasteiger partial charge in [0, 0.05) is 35.3 Å². The van der Waals surface area contributed by atoms with Crippen LogP contribution in [0.4, 0.5) is 0 Å². The first-order chi connectivity index (χ1) is 15.3. The standard InChI is InChI=1S/C26H27NO5/c1-23-25-11-12-27(2)18(13-14-5-8-17(30-3)22(32-23)19(14)25)24(25)9-10-26(23,31-4)21-16(29)7-6-15(28)20(21)24/h5-10,18,28-29H,11-13H2,1-4H3/t18-,23-,24-,25-,26+/m1/s1. The van der Waals surface area contributed by atoms with E-state index in [1.165, 1.54) is 11.1 Å². The molecule has 2 N–H and O–H groups in total. The number of nitrogens with zero attached hydrogens (tertiary/aromatic N) is 1. The molecule has 6 heteroatoms. The second kappa shape index (κ2) is 5.26. The fourth-order valence-electron chi connectivity index (χ4n) is 8.44. The third-order valence-corrected chi connectivity index (χ3v) is 9.55. The van der Waals surface area contributed by atoms with Crippen molar-refractivity contribution in [1.29, 1.82) is 0 Å². The fourth-order valence-corrected chi connectivity index (χ4v) is 8.44. The molecule has 4 bridgehead atoms. The van der Waals surface area contributed by atoms with Crippen LogP contribution in [-0.4, -0.2) is 54.6 Å². The lowest BCUT2D eigenvalue weighted by molar-refractivity contribution is -0.202. The number of benzene rings is 2. The summed E-state index contributed by atoms with van der Waals surface area (Å²) in [5, 5.41) is 22.5. The molecule has 0 aromatic heterocycles. The summed E-state index contributed by atoms with van der Waals surface area (Å²) in [6.45, 7) is 3.03. The number of aromatic hydroxyl groups is 2. The molecule has 166 valence electrons. The van der Waals surface area contributed by atoms with Crippen LogP contribution < -0.4 is 9.47 Å². The van der Waals surface area contributed by atoms with Gasteiger partial charge < -0.3 is 29.3 Å². The molecule has 2 heterocycles. The maximum atomic E-state index is 11.3. The zero-order valence-electron chi connectivity index (χ0n) is 18.7. The first kappa shape index (κ1) is 18.8. The van der Waals surface area contributed by atoms with Gasteiger partial charge in [0.1, 0.15) is 11.5 Å². The van der Waals surface area contributed by atoms with E-state index in [2.05, 4.69) is 37.1 Å². The number of likely N-dealkylation sites (N-methyl/N-ethyl adjacent to an activating group) is 1. The van der Waals surface area contributed by atoms with Crippen LogP contribution in [0.1, 0.15) is 35.6 Å². The van der Waals surface area contributed by atoms with Gasteiger partial charge in [0.05, 0.1) is 12.5 Å². The molecule has 2 aromatic carbocycles. The number of ether oxygens (including phenoxy) is 3. The number of hydrogen-bond donors (Lipinski definition) is 2. The molecule has 0 radical (unpaired) electrons. The molecule has 0 unspecified atom stereocenters. The summed E-state index contributed by atoms with van der Waals surface area (Å²) in [7, 11) is 5.50. The smallest absolute Gasteiger partial charge is 0.166 e. The van der Waals surface area contributed by atoms with Crippen molar-refractivity contribution >= 4 is 0 Å². The summed E-state index contributed by atoms with van der Waals surface area (Å²) < 4.78 is 19.1. The van der Waals surface area contributed by atoms with E-state index < -0.39 is 22.0 Å². The van der Waals surface area contributed by atoms with E-state index in [0.717, 1.165) is 30.7 Å². The van der Waals surface area contributed by atoms with Crippen molar-refractivity contribution in [3.63, 3.8) is 0 Å². The van der Waals surface area contributed by atoms with Gasteiger partial charge in [0.15, 0.2) is 22.7 Å². The van der Waals surface area contributed by atoms with Gasteiger partial charge in [-0.05, 0) is 63.2 Å². The average Bonchev–Trinajstić information content (AvgIpc) is 3.08. The minimum absolute atomic E-state index is 0.101. The van der Waals surface area contributed by atoms with Crippen molar-refractivity contribution in [2.45, 2.75) is 47.8 Å². The van der Waals surface area contributed by atoms with Gasteiger partial charge in [-0.1, -0.05) is 12.1 Å². The van der Waals surface area contributed by atoms with Crippen LogP contribution >= 0.6 is 0 Å². The number of hydrogen-bond acceptors (Lipinski definition) is 6. The maximum Gasteiger partial charge on any atom is 0.166 e. The fraction of sp³-hybridized carbons (Fsp3) is 0.462. The van der Waals surface area contributed by atoms with Gasteiger partial charge in [-0.15, -0.1) is 0 Å². The minimum Gasteiger partial charge on any atom is -0.508 e. The van der Waals surface area contributed by atoms with E-state index in [9.17, 15) is 10.2 Å². The lowest BCUT2D eigenvalue weighted by Gasteiger charge is -2.72. The molecular weight excluding hydrogens is 406 g/mol. The van der Waals surface area contributed by atoms with Crippen LogP contribution in [0.2, 0.25) is 0 Å². The molecule has 1 fully saturated rings. The molecule has 2 aromatic rings. The first-order valence-corrected chi connectivity index (χ1v) is 11.2. The highest BCUT2D eigenvalue weighted by molar-refractivity contribution is 5.76. The summed E-state index contributed by atoms with van der Waals surface area (Å²) in [6.07, 6.45) is 5.99. The highest BCUT2D eigenvalue weighted by Gasteiger charge is 2.84. The van der Waals surface area contributed by atoms with E-state index in [-0.39, 0.29) is 17.5 Å². The van der Waals surface area contributed by atoms with E-state index in [1.54, 1.807) is 26.4 Å². The summed E-state index contributed by atoms with van der Waals surface area (Å²) >= 11 is 0. The van der Waals surface area contributed by atoms with Crippen molar-refractivity contribution < 1.29 is 24.4 Å². The average molecular weight is 434 g/mol. The molecule has 0 saturated carbocycles. The van der Waals surface area contributed by atoms with Crippen LogP contribution in [0.25, 0.3) is 0 Å². The molecule has 5 atom stereocenters. The molecular formula is C26H27NO5. The summed E-state index contributed by atoms with van der Waals surface area (Å²) in [5.41, 5.74) is 0.898. The number of rotatable bonds is 2. The third kappa shape index (κ3) is 1.47. The SMILES string of the molecule is COc1ccc2c3c1O[C@]1(C)[C@@]34CCN(C)[C@H](C2)[C@@]42C=C[C@]1(OC)c1c(O)ccc(O)c12. The van der Waals surface area contributed by atoms with E-state index in [0.29, 0.717) is 11.3 Å². The number of piperidine rings is 1. The number of likely N-dealkylation sites (tertiary alicyclic amines) is 1. The Morgan fingerprint density at radius 2 is 1.78 bits per heavy atom. The number of methoxy groups -OCH3 is 2. The first-order valence-electron chi connectivity index (χ1n) is 11.2. The number of phenolic OH excluding ortho intramolecular Hbond substituents is 2. The van der Waals surface area contributed by atoms with Crippen molar-refractivity contribution in [3.05, 3.63) is 58.7 Å². The predicted octanol–water partition coefficient (Wildman–Crippen LogP) is 3.12. The lowest BCUT2D eigenvalue weighted by Crippen LogP contribution is -2.82. The summed E-state index contributed by atoms with van der Waals surface area (Å²) in [5.74, 6) is 1.81.